The second kappa shape index (κ2) is 7.12. The van der Waals surface area contributed by atoms with E-state index in [-0.39, 0.29) is 18.0 Å². The number of benzene rings is 2. The smallest absolute Gasteiger partial charge is 0.293 e. The van der Waals surface area contributed by atoms with Gasteiger partial charge >= 0.3 is 0 Å². The van der Waals surface area contributed by atoms with Gasteiger partial charge in [-0.25, -0.2) is 0 Å². The van der Waals surface area contributed by atoms with Crippen molar-refractivity contribution in [3.63, 3.8) is 0 Å². The molecule has 0 heterocycles. The Balaban J connectivity index is 2.10. The first-order valence-corrected chi connectivity index (χ1v) is 7.54. The lowest BCUT2D eigenvalue weighted by Gasteiger charge is -2.14. The van der Waals surface area contributed by atoms with Gasteiger partial charge in [0, 0.05) is 6.07 Å². The first-order valence-electron chi connectivity index (χ1n) is 7.54. The van der Waals surface area contributed by atoms with Crippen molar-refractivity contribution in [3.05, 3.63) is 62.7 Å². The molecular formula is C18H20N2O4. The number of nitrogens with zero attached hydrogens (tertiary/aromatic N) is 1. The quantitative estimate of drug-likeness (QED) is 0.668. The average molecular weight is 328 g/mol. The summed E-state index contributed by atoms with van der Waals surface area (Å²) >= 11 is 0. The molecule has 126 valence electrons. The molecule has 6 nitrogen and oxygen atoms in total. The minimum atomic E-state index is -0.516. The Morgan fingerprint density at radius 2 is 1.79 bits per heavy atom. The third-order valence-electron chi connectivity index (χ3n) is 3.85. The van der Waals surface area contributed by atoms with Crippen molar-refractivity contribution in [2.24, 2.45) is 0 Å². The van der Waals surface area contributed by atoms with E-state index in [1.807, 2.05) is 32.9 Å². The molecule has 0 aromatic heterocycles. The Morgan fingerprint density at radius 3 is 2.46 bits per heavy atom. The van der Waals surface area contributed by atoms with Crippen LogP contribution in [0.15, 0.2) is 30.3 Å². The Kier molecular flexibility index (Phi) is 5.18. The molecule has 0 saturated heterocycles. The van der Waals surface area contributed by atoms with E-state index in [9.17, 15) is 14.9 Å². The first kappa shape index (κ1) is 17.5. The fraction of sp³-hybridized carbons (Fsp3) is 0.278. The Labute approximate surface area is 140 Å². The van der Waals surface area contributed by atoms with Crippen LogP contribution in [-0.2, 0) is 4.79 Å². The van der Waals surface area contributed by atoms with E-state index >= 15 is 0 Å². The third kappa shape index (κ3) is 3.90. The van der Waals surface area contributed by atoms with Crippen LogP contribution in [0.4, 0.5) is 11.4 Å². The molecular weight excluding hydrogens is 308 g/mol. The van der Waals surface area contributed by atoms with Crippen molar-refractivity contribution in [2.45, 2.75) is 27.7 Å². The molecule has 0 aliphatic carbocycles. The molecule has 0 saturated carbocycles. The fourth-order valence-corrected chi connectivity index (χ4v) is 2.37. The van der Waals surface area contributed by atoms with E-state index in [1.54, 1.807) is 13.0 Å². The number of hydrogen-bond acceptors (Lipinski definition) is 4. The van der Waals surface area contributed by atoms with Gasteiger partial charge in [-0.15, -0.1) is 0 Å². The number of hydrogen-bond donors (Lipinski definition) is 1. The summed E-state index contributed by atoms with van der Waals surface area (Å²) in [4.78, 5) is 22.7. The average Bonchev–Trinajstić information content (AvgIpc) is 2.52. The highest BCUT2D eigenvalue weighted by Gasteiger charge is 2.16. The van der Waals surface area contributed by atoms with Crippen LogP contribution in [0, 0.1) is 37.8 Å². The molecule has 0 bridgehead atoms. The van der Waals surface area contributed by atoms with E-state index in [0.717, 1.165) is 22.3 Å². The van der Waals surface area contributed by atoms with Crippen LogP contribution in [-0.4, -0.2) is 17.4 Å². The Bertz CT molecular complexity index is 800. The van der Waals surface area contributed by atoms with Crippen molar-refractivity contribution >= 4 is 17.3 Å². The largest absolute Gasteiger partial charge is 0.483 e. The van der Waals surface area contributed by atoms with Crippen LogP contribution < -0.4 is 10.1 Å². The van der Waals surface area contributed by atoms with Crippen LogP contribution in [0.1, 0.15) is 22.3 Å². The highest BCUT2D eigenvalue weighted by Crippen LogP contribution is 2.27. The molecule has 6 heteroatoms. The lowest BCUT2D eigenvalue weighted by Crippen LogP contribution is -2.21. The lowest BCUT2D eigenvalue weighted by molar-refractivity contribution is -0.384. The highest BCUT2D eigenvalue weighted by molar-refractivity contribution is 5.94. The zero-order chi connectivity index (χ0) is 17.9. The van der Waals surface area contributed by atoms with E-state index in [2.05, 4.69) is 5.32 Å². The third-order valence-corrected chi connectivity index (χ3v) is 3.85. The predicted molar refractivity (Wildman–Crippen MR) is 92.6 cm³/mol. The number of anilines is 1. The molecule has 1 N–H and O–H groups in total. The fourth-order valence-electron chi connectivity index (χ4n) is 2.37. The van der Waals surface area contributed by atoms with Gasteiger partial charge < -0.3 is 10.1 Å². The maximum Gasteiger partial charge on any atom is 0.293 e. The molecule has 0 aliphatic heterocycles. The summed E-state index contributed by atoms with van der Waals surface area (Å²) in [6.07, 6.45) is 0. The van der Waals surface area contributed by atoms with Crippen molar-refractivity contribution < 1.29 is 14.5 Å². The summed E-state index contributed by atoms with van der Waals surface area (Å²) in [6.45, 7) is 7.35. The summed E-state index contributed by atoms with van der Waals surface area (Å²) in [5, 5.41) is 13.6. The molecule has 0 unspecified atom stereocenters. The number of ether oxygens (including phenoxy) is 1. The van der Waals surface area contributed by atoms with E-state index < -0.39 is 10.8 Å². The maximum atomic E-state index is 12.1. The summed E-state index contributed by atoms with van der Waals surface area (Å²) < 4.78 is 5.62. The standard InChI is InChI=1S/C18H20N2O4/c1-11-5-8-15(16(9-11)20(22)23)19-17(21)10-24-18-13(3)7-6-12(2)14(18)4/h5-9H,10H2,1-4H3,(H,19,21). The summed E-state index contributed by atoms with van der Waals surface area (Å²) in [5.41, 5.74) is 3.77. The molecule has 1 amide bonds. The molecule has 2 rings (SSSR count). The maximum absolute atomic E-state index is 12.1. The van der Waals surface area contributed by atoms with Crippen LogP contribution in [0.5, 0.6) is 5.75 Å². The number of rotatable bonds is 5. The molecule has 2 aromatic rings. The van der Waals surface area contributed by atoms with Crippen LogP contribution in [0.25, 0.3) is 0 Å². The zero-order valence-electron chi connectivity index (χ0n) is 14.2. The second-order valence-corrected chi connectivity index (χ2v) is 5.77. The van der Waals surface area contributed by atoms with Gasteiger partial charge in [-0.3, -0.25) is 14.9 Å². The number of amides is 1. The molecule has 2 aromatic carbocycles. The first-order chi connectivity index (χ1) is 11.3. The molecule has 24 heavy (non-hydrogen) atoms. The second-order valence-electron chi connectivity index (χ2n) is 5.77. The number of carbonyl (C=O) groups is 1. The molecule has 0 spiro atoms. The Morgan fingerprint density at radius 1 is 1.12 bits per heavy atom. The number of aryl methyl sites for hydroxylation is 3. The van der Waals surface area contributed by atoms with Crippen molar-refractivity contribution in [2.75, 3.05) is 11.9 Å². The SMILES string of the molecule is Cc1ccc(NC(=O)COc2c(C)ccc(C)c2C)c([N+](=O)[O-])c1. The molecule has 0 fully saturated rings. The molecule has 0 radical (unpaired) electrons. The van der Waals surface area contributed by atoms with Gasteiger partial charge in [0.15, 0.2) is 6.61 Å². The van der Waals surface area contributed by atoms with Gasteiger partial charge in [0.05, 0.1) is 4.92 Å². The van der Waals surface area contributed by atoms with Crippen molar-refractivity contribution in [3.8, 4) is 5.75 Å². The minimum Gasteiger partial charge on any atom is -0.483 e. The Hall–Kier alpha value is -2.89. The van der Waals surface area contributed by atoms with Crippen LogP contribution in [0.3, 0.4) is 0 Å². The van der Waals surface area contributed by atoms with Crippen LogP contribution >= 0.6 is 0 Å². The van der Waals surface area contributed by atoms with Crippen molar-refractivity contribution in [1.29, 1.82) is 0 Å². The van der Waals surface area contributed by atoms with E-state index in [4.69, 9.17) is 4.74 Å². The summed E-state index contributed by atoms with van der Waals surface area (Å²) in [5.74, 6) is 0.228. The van der Waals surface area contributed by atoms with Crippen molar-refractivity contribution in [1.82, 2.24) is 0 Å². The predicted octanol–water partition coefficient (Wildman–Crippen LogP) is 3.85. The van der Waals surface area contributed by atoms with Gasteiger partial charge in [0.25, 0.3) is 11.6 Å². The number of nitro groups is 1. The van der Waals surface area contributed by atoms with Gasteiger partial charge in [0.2, 0.25) is 0 Å². The minimum absolute atomic E-state index is 0.133. The van der Waals surface area contributed by atoms with E-state index in [1.165, 1.54) is 12.1 Å². The summed E-state index contributed by atoms with van der Waals surface area (Å²) in [6, 6.07) is 8.58. The molecule has 0 aliphatic rings. The van der Waals surface area contributed by atoms with Gasteiger partial charge in [-0.1, -0.05) is 18.2 Å². The topological polar surface area (TPSA) is 81.5 Å². The van der Waals surface area contributed by atoms with Gasteiger partial charge in [-0.05, 0) is 56.0 Å². The molecule has 0 atom stereocenters. The normalized spacial score (nSPS) is 10.3. The monoisotopic (exact) mass is 328 g/mol. The lowest BCUT2D eigenvalue weighted by atomic mass is 10.1. The van der Waals surface area contributed by atoms with Gasteiger partial charge in [0.1, 0.15) is 11.4 Å². The number of carbonyl (C=O) groups excluding carboxylic acids is 1. The number of nitrogens with one attached hydrogen (secondary N) is 1. The van der Waals surface area contributed by atoms with E-state index in [0.29, 0.717) is 5.75 Å². The van der Waals surface area contributed by atoms with Gasteiger partial charge in [-0.2, -0.15) is 0 Å². The number of nitro benzene ring substituents is 1. The van der Waals surface area contributed by atoms with Crippen LogP contribution in [0.2, 0.25) is 0 Å². The highest BCUT2D eigenvalue weighted by atomic mass is 16.6. The zero-order valence-corrected chi connectivity index (χ0v) is 14.2. The summed E-state index contributed by atoms with van der Waals surface area (Å²) in [7, 11) is 0.